The fraction of sp³-hybridized carbons (Fsp3) is 0.739. The molecule has 200 valence electrons. The topological polar surface area (TPSA) is 80.2 Å². The number of fused-ring (bicyclic) bond motifs is 1. The number of nitrogens with one attached hydrogen (secondary N) is 1. The molecule has 1 saturated carbocycles. The highest BCUT2D eigenvalue weighted by atomic mass is 32.1. The number of thiazole rings is 1. The van der Waals surface area contributed by atoms with Crippen LogP contribution in [0.4, 0.5) is 17.6 Å². The second-order valence-corrected chi connectivity index (χ2v) is 11.9. The smallest absolute Gasteiger partial charge is 0.392 e. The summed E-state index contributed by atoms with van der Waals surface area (Å²) in [5.74, 6) is -0.0953. The predicted molar refractivity (Wildman–Crippen MR) is 129 cm³/mol. The monoisotopic (exact) mass is 549 g/mol. The zero-order valence-electron chi connectivity index (χ0n) is 20.2. The van der Waals surface area contributed by atoms with Crippen molar-refractivity contribution in [3.05, 3.63) is 20.6 Å². The summed E-state index contributed by atoms with van der Waals surface area (Å²) in [6.45, 7) is 3.57. The number of ether oxygens (including phenoxy) is 1. The molecule has 0 spiro atoms. The van der Waals surface area contributed by atoms with Crippen molar-refractivity contribution >= 4 is 28.6 Å². The largest absolute Gasteiger partial charge is 0.470 e. The second kappa shape index (κ2) is 11.7. The predicted octanol–water partition coefficient (Wildman–Crippen LogP) is 4.43. The maximum Gasteiger partial charge on any atom is 0.392 e. The van der Waals surface area contributed by atoms with Crippen LogP contribution in [-0.4, -0.2) is 70.1 Å². The van der Waals surface area contributed by atoms with Gasteiger partial charge in [-0.15, -0.1) is 21.5 Å². The molecule has 7 nitrogen and oxygen atoms in total. The van der Waals surface area contributed by atoms with Crippen molar-refractivity contribution < 1.29 is 27.1 Å². The lowest BCUT2D eigenvalue weighted by Gasteiger charge is -2.35. The minimum atomic E-state index is -4.24. The van der Waals surface area contributed by atoms with Crippen LogP contribution in [0.2, 0.25) is 0 Å². The van der Waals surface area contributed by atoms with E-state index < -0.39 is 24.9 Å². The summed E-state index contributed by atoms with van der Waals surface area (Å²) in [6.07, 6.45) is -1.07. The summed E-state index contributed by atoms with van der Waals surface area (Å²) in [5.41, 5.74) is -0.355. The van der Waals surface area contributed by atoms with Crippen LogP contribution in [0, 0.1) is 6.92 Å². The van der Waals surface area contributed by atoms with Crippen LogP contribution in [0.5, 0.6) is 5.19 Å². The van der Waals surface area contributed by atoms with Gasteiger partial charge in [0.15, 0.2) is 0 Å². The van der Waals surface area contributed by atoms with Crippen molar-refractivity contribution in [1.29, 1.82) is 0 Å². The molecule has 13 heteroatoms. The molecule has 2 aliphatic rings. The zero-order valence-corrected chi connectivity index (χ0v) is 21.8. The molecule has 0 aromatic carbocycles. The Hall–Kier alpha value is -1.86. The Kier molecular flexibility index (Phi) is 8.82. The van der Waals surface area contributed by atoms with Crippen molar-refractivity contribution in [3.63, 3.8) is 0 Å². The Labute approximate surface area is 215 Å². The number of amides is 1. The lowest BCUT2D eigenvalue weighted by atomic mass is 9.81. The Balaban J connectivity index is 1.16. The summed E-state index contributed by atoms with van der Waals surface area (Å²) < 4.78 is 57.6. The van der Waals surface area contributed by atoms with Gasteiger partial charge >= 0.3 is 6.18 Å². The number of carbonyl (C=O) groups excluding carboxylic acids is 1. The molecular formula is C23H31F4N5O2S2. The zero-order chi connectivity index (χ0) is 25.8. The highest BCUT2D eigenvalue weighted by molar-refractivity contribution is 7.13. The number of hydrogen-bond acceptors (Lipinski definition) is 8. The summed E-state index contributed by atoms with van der Waals surface area (Å²) in [5, 5.41) is 12.7. The van der Waals surface area contributed by atoms with Crippen molar-refractivity contribution in [2.24, 2.45) is 0 Å². The number of aromatic nitrogens is 3. The molecule has 0 unspecified atom stereocenters. The highest BCUT2D eigenvalue weighted by Crippen LogP contribution is 2.36. The molecule has 0 saturated heterocycles. The van der Waals surface area contributed by atoms with E-state index in [4.69, 9.17) is 4.74 Å². The minimum absolute atomic E-state index is 0.0109. The lowest BCUT2D eigenvalue weighted by molar-refractivity contribution is -0.139. The first kappa shape index (κ1) is 27.2. The first-order chi connectivity index (χ1) is 17.1. The molecule has 3 heterocycles. The van der Waals surface area contributed by atoms with Gasteiger partial charge in [0.05, 0.1) is 25.1 Å². The Morgan fingerprint density at radius 3 is 2.64 bits per heavy atom. The highest BCUT2D eigenvalue weighted by Gasteiger charge is 2.36. The van der Waals surface area contributed by atoms with Gasteiger partial charge in [-0.1, -0.05) is 11.3 Å². The minimum Gasteiger partial charge on any atom is -0.470 e. The summed E-state index contributed by atoms with van der Waals surface area (Å²) >= 11 is 2.72. The average molecular weight is 550 g/mol. The van der Waals surface area contributed by atoms with Crippen molar-refractivity contribution in [3.8, 4) is 5.19 Å². The molecule has 1 aliphatic heterocycles. The van der Waals surface area contributed by atoms with Crippen molar-refractivity contribution in [2.75, 3.05) is 26.2 Å². The van der Waals surface area contributed by atoms with E-state index in [0.29, 0.717) is 55.3 Å². The quantitative estimate of drug-likeness (QED) is 0.466. The summed E-state index contributed by atoms with van der Waals surface area (Å²) in [6, 6.07) is -0.0109. The fourth-order valence-electron chi connectivity index (χ4n) is 4.64. The number of nitrogens with zero attached hydrogens (tertiary/aromatic N) is 4. The van der Waals surface area contributed by atoms with Gasteiger partial charge in [-0.3, -0.25) is 4.79 Å². The third kappa shape index (κ3) is 8.07. The number of aryl methyl sites for hydroxylation is 1. The van der Waals surface area contributed by atoms with Crippen LogP contribution in [0.1, 0.15) is 59.1 Å². The van der Waals surface area contributed by atoms with Crippen molar-refractivity contribution in [1.82, 2.24) is 25.4 Å². The van der Waals surface area contributed by atoms with Gasteiger partial charge in [0.25, 0.3) is 5.19 Å². The number of rotatable bonds is 9. The first-order valence-electron chi connectivity index (χ1n) is 12.2. The Morgan fingerprint density at radius 2 is 1.94 bits per heavy atom. The number of halogens is 4. The van der Waals surface area contributed by atoms with Gasteiger partial charge in [0.1, 0.15) is 15.7 Å². The molecule has 1 fully saturated rings. The fourth-order valence-corrected chi connectivity index (χ4v) is 6.31. The molecule has 0 radical (unpaired) electrons. The first-order valence-corrected chi connectivity index (χ1v) is 13.9. The van der Waals surface area contributed by atoms with Gasteiger partial charge in [-0.2, -0.15) is 13.2 Å². The SMILES string of the molecule is Cc1nnc(CC(=O)NC2CCC(F)(CCN3CCc4nc(OCCC(F)(F)F)sc4CC3)CC2)s1. The van der Waals surface area contributed by atoms with E-state index in [9.17, 15) is 18.0 Å². The molecule has 1 aliphatic carbocycles. The molecule has 36 heavy (non-hydrogen) atoms. The van der Waals surface area contributed by atoms with E-state index in [2.05, 4.69) is 25.4 Å². The molecule has 2 aromatic rings. The molecule has 0 atom stereocenters. The molecule has 4 rings (SSSR count). The lowest BCUT2D eigenvalue weighted by Crippen LogP contribution is -2.43. The van der Waals surface area contributed by atoms with Crippen LogP contribution < -0.4 is 10.1 Å². The van der Waals surface area contributed by atoms with E-state index >= 15 is 4.39 Å². The van der Waals surface area contributed by atoms with Crippen LogP contribution in [0.15, 0.2) is 0 Å². The number of alkyl halides is 4. The van der Waals surface area contributed by atoms with Gasteiger partial charge in [-0.05, 0) is 45.4 Å². The summed E-state index contributed by atoms with van der Waals surface area (Å²) in [4.78, 5) is 19.9. The van der Waals surface area contributed by atoms with Crippen LogP contribution in [0.25, 0.3) is 0 Å². The maximum atomic E-state index is 15.5. The average Bonchev–Trinajstić information content (AvgIpc) is 3.34. The standard InChI is InChI=1S/C23H31F4N5O2S2/c1-15-30-31-20(35-15)14-19(33)28-16-2-6-22(24,7-3-16)8-12-32-10-4-17-18(5-11-32)36-21(29-17)34-13-9-23(25,26)27/h16H,2-14H2,1H3,(H,28,33). The van der Waals surface area contributed by atoms with Crippen LogP contribution >= 0.6 is 22.7 Å². The van der Waals surface area contributed by atoms with Gasteiger partial charge < -0.3 is 15.0 Å². The molecule has 0 bridgehead atoms. The Morgan fingerprint density at radius 1 is 1.19 bits per heavy atom. The molecular weight excluding hydrogens is 518 g/mol. The molecule has 2 aromatic heterocycles. The number of hydrogen-bond donors (Lipinski definition) is 1. The molecule has 1 N–H and O–H groups in total. The Bertz CT molecular complexity index is 995. The van der Waals surface area contributed by atoms with Crippen LogP contribution in [-0.2, 0) is 24.1 Å². The summed E-state index contributed by atoms with van der Waals surface area (Å²) in [7, 11) is 0. The van der Waals surface area contributed by atoms with Crippen LogP contribution in [0.3, 0.4) is 0 Å². The van der Waals surface area contributed by atoms with E-state index in [0.717, 1.165) is 35.1 Å². The van der Waals surface area contributed by atoms with Crippen molar-refractivity contribution in [2.45, 2.75) is 82.6 Å². The van der Waals surface area contributed by atoms with Gasteiger partial charge in [0, 0.05) is 37.0 Å². The third-order valence-corrected chi connectivity index (χ3v) is 8.60. The normalized spacial score (nSPS) is 23.2. The van der Waals surface area contributed by atoms with E-state index in [1.165, 1.54) is 22.7 Å². The molecule has 1 amide bonds. The van der Waals surface area contributed by atoms with E-state index in [1.54, 1.807) is 0 Å². The number of carbonyl (C=O) groups is 1. The maximum absolute atomic E-state index is 15.5. The van der Waals surface area contributed by atoms with Gasteiger partial charge in [-0.25, -0.2) is 9.37 Å². The van der Waals surface area contributed by atoms with E-state index in [-0.39, 0.29) is 18.4 Å². The third-order valence-electron chi connectivity index (χ3n) is 6.69. The van der Waals surface area contributed by atoms with E-state index in [1.807, 2.05) is 6.92 Å². The van der Waals surface area contributed by atoms with Gasteiger partial charge in [0.2, 0.25) is 5.91 Å². The second-order valence-electron chi connectivity index (χ2n) is 9.54.